The van der Waals surface area contributed by atoms with Crippen molar-refractivity contribution >= 4 is 80.1 Å². The summed E-state index contributed by atoms with van der Waals surface area (Å²) in [4.78, 5) is 118. The molecule has 0 spiro atoms. The van der Waals surface area contributed by atoms with Crippen LogP contribution in [0.25, 0.3) is 0 Å². The molecule has 18 rings (SSSR count). The van der Waals surface area contributed by atoms with E-state index in [4.69, 9.17) is 60.5 Å². The number of esters is 9. The molecule has 28 nitrogen and oxygen atoms in total. The van der Waals surface area contributed by atoms with Crippen molar-refractivity contribution in [2.75, 3.05) is 26.4 Å². The molecule has 14 unspecified atom stereocenters. The predicted octanol–water partition coefficient (Wildman–Crippen LogP) is 11.9. The Bertz CT molecular complexity index is 3970. The van der Waals surface area contributed by atoms with Gasteiger partial charge in [-0.05, 0) is 244 Å². The monoisotopic (exact) mass is 1650 g/mol. The molecule has 0 amide bonds. The molecular weight excluding hydrogens is 1530 g/mol. The van der Waals surface area contributed by atoms with Crippen LogP contribution in [0.15, 0.2) is 48.6 Å². The SMILES string of the molecule is C=C(C)C(=O)OC1(CC)C2CC3CC(C2)CC1C3.C=C(C)C(=O)OC12CC3CC(CC(O)(C3)C1)C2.C=C(C)C(=O)OC12CC3CC(CC(OC(=O)OC(C)(C)C)(C3)C1)C2.C=C(C)C(=O)OCCOC(=O)CCC(=O)OC1C2CC3C1OS(=O)(=O)C3C2.CCC(C)(C)C(=O)OCCOC(=O)CCC(=O)OC1C2CC3C1OS(=O)(=O)C3C2. The summed E-state index contributed by atoms with van der Waals surface area (Å²) in [7, 11) is -7.11. The van der Waals surface area contributed by atoms with Gasteiger partial charge in [0.2, 0.25) is 0 Å². The molecule has 14 atom stereocenters. The van der Waals surface area contributed by atoms with Crippen LogP contribution < -0.4 is 0 Å². The predicted molar refractivity (Wildman–Crippen MR) is 411 cm³/mol. The molecule has 16 saturated carbocycles. The first-order valence-electron chi connectivity index (χ1n) is 41.5. The number of ether oxygens (including phenoxy) is 11. The first kappa shape index (κ1) is 89.0. The van der Waals surface area contributed by atoms with Crippen LogP contribution in [0.2, 0.25) is 0 Å². The summed E-state index contributed by atoms with van der Waals surface area (Å²) in [6.07, 6.45) is 17.4. The maximum atomic E-state index is 12.2. The Morgan fingerprint density at radius 3 is 1.19 bits per heavy atom. The van der Waals surface area contributed by atoms with Gasteiger partial charge in [-0.1, -0.05) is 40.2 Å². The summed E-state index contributed by atoms with van der Waals surface area (Å²) in [5.41, 5.74) is -1.71. The zero-order valence-corrected chi connectivity index (χ0v) is 70.6. The van der Waals surface area contributed by atoms with Crippen LogP contribution in [-0.2, 0) is 124 Å². The minimum absolute atomic E-state index is 0.00904. The highest BCUT2D eigenvalue weighted by atomic mass is 32.2. The third-order valence-corrected chi connectivity index (χ3v) is 30.6. The Kier molecular flexibility index (Phi) is 26.7. The Labute approximate surface area is 676 Å². The molecule has 16 aliphatic carbocycles. The van der Waals surface area contributed by atoms with E-state index in [0.29, 0.717) is 97.2 Å². The number of aliphatic hydroxyl groups is 1. The zero-order valence-electron chi connectivity index (χ0n) is 68.9. The van der Waals surface area contributed by atoms with Crippen molar-refractivity contribution < 1.29 is 130 Å². The highest BCUT2D eigenvalue weighted by Gasteiger charge is 2.68. The van der Waals surface area contributed by atoms with Crippen molar-refractivity contribution in [2.24, 2.45) is 76.4 Å². The van der Waals surface area contributed by atoms with Gasteiger partial charge in [0.15, 0.2) is 0 Å². The summed E-state index contributed by atoms with van der Waals surface area (Å²) < 4.78 is 117. The van der Waals surface area contributed by atoms with E-state index in [1.807, 2.05) is 27.7 Å². The minimum atomic E-state index is -3.56. The van der Waals surface area contributed by atoms with Crippen molar-refractivity contribution in [1.82, 2.24) is 0 Å². The lowest BCUT2D eigenvalue weighted by molar-refractivity contribution is -0.223. The fourth-order valence-corrected chi connectivity index (χ4v) is 26.5. The molecule has 0 aromatic carbocycles. The Morgan fingerprint density at radius 1 is 0.435 bits per heavy atom. The van der Waals surface area contributed by atoms with E-state index in [1.54, 1.807) is 34.6 Å². The molecule has 18 fully saturated rings. The molecule has 2 aliphatic heterocycles. The van der Waals surface area contributed by atoms with E-state index in [0.717, 1.165) is 76.0 Å². The maximum absolute atomic E-state index is 12.2. The third-order valence-electron chi connectivity index (χ3n) is 27.0. The normalized spacial score (nSPS) is 37.2. The Balaban J connectivity index is 0.000000143. The average Bonchev–Trinajstić information content (AvgIpc) is 1.60. The van der Waals surface area contributed by atoms with Crippen LogP contribution in [0.4, 0.5) is 4.79 Å². The highest BCUT2D eigenvalue weighted by Crippen LogP contribution is 2.64. The van der Waals surface area contributed by atoms with Crippen molar-refractivity contribution in [1.29, 1.82) is 0 Å². The van der Waals surface area contributed by atoms with E-state index in [1.165, 1.54) is 45.4 Å². The van der Waals surface area contributed by atoms with Crippen LogP contribution in [0, 0.1) is 76.4 Å². The van der Waals surface area contributed by atoms with Gasteiger partial charge in [-0.3, -0.25) is 32.3 Å². The summed E-state index contributed by atoms with van der Waals surface area (Å²) >= 11 is 0. The van der Waals surface area contributed by atoms with Gasteiger partial charge in [0.05, 0.1) is 47.2 Å². The van der Waals surface area contributed by atoms with Crippen LogP contribution >= 0.6 is 0 Å². The van der Waals surface area contributed by atoms with E-state index in [2.05, 4.69) is 33.2 Å². The van der Waals surface area contributed by atoms with Gasteiger partial charge in [-0.2, -0.15) is 16.8 Å². The molecule has 0 radical (unpaired) electrons. The number of fused-ring (bicyclic) bond motifs is 2. The molecule has 18 aliphatic rings. The number of carbonyl (C=O) groups is 10. The largest absolute Gasteiger partial charge is 0.509 e. The first-order valence-corrected chi connectivity index (χ1v) is 44.5. The molecule has 642 valence electrons. The number of hydrogen-bond donors (Lipinski definition) is 1. The quantitative estimate of drug-likeness (QED) is 0.0292. The molecule has 30 heteroatoms. The average molecular weight is 1660 g/mol. The summed E-state index contributed by atoms with van der Waals surface area (Å²) in [5.74, 6) is 0.637. The maximum Gasteiger partial charge on any atom is 0.509 e. The number of carbonyl (C=O) groups excluding carboxylic acids is 10. The van der Waals surface area contributed by atoms with E-state index in [-0.39, 0.29) is 111 Å². The molecule has 1 N–H and O–H groups in total. The van der Waals surface area contributed by atoms with Crippen LogP contribution in [0.1, 0.15) is 250 Å². The third kappa shape index (κ3) is 20.6. The van der Waals surface area contributed by atoms with Crippen molar-refractivity contribution in [3.05, 3.63) is 48.6 Å². The topological polar surface area (TPSA) is 379 Å². The lowest BCUT2D eigenvalue weighted by atomic mass is 9.49. The standard InChI is InChI=1S/C19H28O9S.C19H28O5.C17H22O9S.C16H24O2.C14H20O3/c1-4-19(2,3)18(22)26-8-7-25-14(20)5-6-15(21)27-16-11-9-12-13(10-11)29(23,24)28-17(12)16;1-12(2)15(20)22-18-7-13-6-14(8-18)10-19(9-13,11-18)24-16(21)23-17(3,4)5;1-9(2)17(20)24-6-5-23-13(18)3-4-14(19)25-15-10-7-11-12(8-10)27(21,22)26-16(11)15;1-4-16(18-15(17)10(2)3)13-6-11-5-12(8-13)9-14(16)7-11;1-9(2)12(15)17-14-6-10-3-11(7-14)5-13(16,4-10)8-14/h11-13,16-17H,4-10H2,1-3H3;13-14H,1,6-11H2,2-5H3;10-12,15-16H,1,3-8H2,2H3;11-14H,2,4-9H2,1,3H3;10-11,16H,1,3-8H2,2H3. The smallest absolute Gasteiger partial charge is 0.462 e. The fraction of sp³-hybridized carbons (Fsp3) is 0.788. The molecule has 0 aromatic rings. The second kappa shape index (κ2) is 34.5. The number of hydrogen-bond acceptors (Lipinski definition) is 28. The second-order valence-electron chi connectivity index (χ2n) is 38.0. The molecule has 2 saturated heterocycles. The van der Waals surface area contributed by atoms with Gasteiger partial charge in [0.25, 0.3) is 20.2 Å². The summed E-state index contributed by atoms with van der Waals surface area (Å²) in [6, 6.07) is 0. The van der Waals surface area contributed by atoms with Crippen LogP contribution in [-0.4, -0.2) is 177 Å². The van der Waals surface area contributed by atoms with Crippen molar-refractivity contribution in [3.8, 4) is 0 Å². The van der Waals surface area contributed by atoms with Gasteiger partial charge in [0.1, 0.15) is 78.8 Å². The van der Waals surface area contributed by atoms with Gasteiger partial charge >= 0.3 is 59.9 Å². The van der Waals surface area contributed by atoms with Gasteiger partial charge in [-0.25, -0.2) is 24.0 Å². The van der Waals surface area contributed by atoms with Crippen LogP contribution in [0.5, 0.6) is 0 Å². The van der Waals surface area contributed by atoms with Gasteiger partial charge in [0, 0.05) is 58.8 Å². The van der Waals surface area contributed by atoms with E-state index in [9.17, 15) is 69.9 Å². The Morgan fingerprint density at radius 2 is 0.800 bits per heavy atom. The lowest BCUT2D eigenvalue weighted by Crippen LogP contribution is -2.62. The molecule has 0 aromatic heterocycles. The lowest BCUT2D eigenvalue weighted by Gasteiger charge is -2.60. The fourth-order valence-electron chi connectivity index (χ4n) is 22.8. The highest BCUT2D eigenvalue weighted by molar-refractivity contribution is 7.88. The van der Waals surface area contributed by atoms with Crippen molar-refractivity contribution in [3.63, 3.8) is 0 Å². The molecular formula is C85H122O28S2. The second-order valence-corrected chi connectivity index (χ2v) is 41.6. The minimum Gasteiger partial charge on any atom is -0.462 e. The Hall–Kier alpha value is -6.76. The van der Waals surface area contributed by atoms with Crippen LogP contribution in [0.3, 0.4) is 0 Å². The first-order chi connectivity index (χ1) is 53.7. The van der Waals surface area contributed by atoms with Crippen molar-refractivity contribution in [2.45, 2.75) is 318 Å². The van der Waals surface area contributed by atoms with E-state index < -0.39 is 125 Å². The zero-order chi connectivity index (χ0) is 84.1. The van der Waals surface area contributed by atoms with Gasteiger partial charge in [-0.15, -0.1) is 0 Å². The number of rotatable bonds is 25. The van der Waals surface area contributed by atoms with Gasteiger partial charge < -0.3 is 57.2 Å². The summed E-state index contributed by atoms with van der Waals surface area (Å²) in [6.45, 7) is 33.8. The molecule has 115 heavy (non-hydrogen) atoms. The molecule has 2 heterocycles. The van der Waals surface area contributed by atoms with E-state index >= 15 is 0 Å². The molecule has 16 bridgehead atoms. The summed E-state index contributed by atoms with van der Waals surface area (Å²) in [5, 5.41) is 9.56.